The second-order valence-corrected chi connectivity index (χ2v) is 7.91. The maximum absolute atomic E-state index is 12.8. The van der Waals surface area contributed by atoms with Crippen molar-refractivity contribution in [1.82, 2.24) is 0 Å². The number of piperidine rings is 1. The van der Waals surface area contributed by atoms with Crippen LogP contribution in [0.4, 0.5) is 11.4 Å². The molecule has 2 aromatic carbocycles. The average molecular weight is 418 g/mol. The molecule has 1 aliphatic rings. The number of nitrogens with two attached hydrogens (primary N) is 1. The van der Waals surface area contributed by atoms with E-state index in [9.17, 15) is 9.90 Å². The summed E-state index contributed by atoms with van der Waals surface area (Å²) >= 11 is 6.29. The molecular weight excluding hydrogens is 390 g/mol. The number of nitrogens with one attached hydrogen (secondary N) is 1. The number of aryl methyl sites for hydroxylation is 2. The van der Waals surface area contributed by atoms with E-state index in [4.69, 9.17) is 22.1 Å². The fourth-order valence-corrected chi connectivity index (χ4v) is 3.92. The second kappa shape index (κ2) is 9.48. The molecule has 0 spiro atoms. The Morgan fingerprint density at radius 1 is 1.28 bits per heavy atom. The topological polar surface area (TPSA) is 87.8 Å². The highest BCUT2D eigenvalue weighted by Gasteiger charge is 2.19. The second-order valence-electron chi connectivity index (χ2n) is 7.47. The van der Waals surface area contributed by atoms with Crippen molar-refractivity contribution < 1.29 is 14.6 Å². The van der Waals surface area contributed by atoms with Crippen molar-refractivity contribution >= 4 is 28.9 Å². The monoisotopic (exact) mass is 417 g/mol. The van der Waals surface area contributed by atoms with Gasteiger partial charge in [-0.1, -0.05) is 11.6 Å². The lowest BCUT2D eigenvalue weighted by Gasteiger charge is -2.32. The minimum Gasteiger partial charge on any atom is -0.492 e. The van der Waals surface area contributed by atoms with Gasteiger partial charge in [0, 0.05) is 41.6 Å². The Hall–Kier alpha value is -2.28. The molecule has 1 amide bonds. The van der Waals surface area contributed by atoms with Crippen molar-refractivity contribution in [3.05, 3.63) is 52.0 Å². The Kier molecular flexibility index (Phi) is 7.00. The van der Waals surface area contributed by atoms with Gasteiger partial charge in [-0.2, -0.15) is 0 Å². The Labute approximate surface area is 176 Å². The molecule has 0 bridgehead atoms. The molecule has 1 saturated heterocycles. The van der Waals surface area contributed by atoms with E-state index >= 15 is 0 Å². The highest BCUT2D eigenvalue weighted by molar-refractivity contribution is 6.31. The van der Waals surface area contributed by atoms with Gasteiger partial charge in [0.25, 0.3) is 5.91 Å². The Balaban J connectivity index is 1.78. The van der Waals surface area contributed by atoms with E-state index in [2.05, 4.69) is 10.2 Å². The van der Waals surface area contributed by atoms with Gasteiger partial charge in [0.15, 0.2) is 0 Å². The Bertz CT molecular complexity index is 865. The molecule has 1 unspecified atom stereocenters. The predicted molar refractivity (Wildman–Crippen MR) is 117 cm³/mol. The molecule has 6 nitrogen and oxygen atoms in total. The lowest BCUT2D eigenvalue weighted by atomic mass is 10.0. The van der Waals surface area contributed by atoms with Crippen molar-refractivity contribution in [1.29, 1.82) is 0 Å². The summed E-state index contributed by atoms with van der Waals surface area (Å²) in [6.07, 6.45) is 1.39. The molecule has 0 aliphatic carbocycles. The summed E-state index contributed by atoms with van der Waals surface area (Å²) in [6, 6.07) is 9.08. The normalized spacial score (nSPS) is 16.6. The van der Waals surface area contributed by atoms with Crippen molar-refractivity contribution in [3.8, 4) is 5.75 Å². The lowest BCUT2D eigenvalue weighted by Crippen LogP contribution is -2.38. The van der Waals surface area contributed by atoms with Crippen LogP contribution in [0.3, 0.4) is 0 Å². The molecule has 156 valence electrons. The van der Waals surface area contributed by atoms with Crippen LogP contribution >= 0.6 is 11.6 Å². The maximum atomic E-state index is 12.8. The van der Waals surface area contributed by atoms with Crippen molar-refractivity contribution in [2.45, 2.75) is 32.8 Å². The summed E-state index contributed by atoms with van der Waals surface area (Å²) in [4.78, 5) is 14.9. The van der Waals surface area contributed by atoms with Crippen LogP contribution in [0.5, 0.6) is 5.75 Å². The SMILES string of the molecule is Cc1cc(C(=O)Nc2cc(Cl)cc(N3CCCC(O)C3)c2)cc(C)c1OCCN. The van der Waals surface area contributed by atoms with Crippen LogP contribution in [0, 0.1) is 13.8 Å². The van der Waals surface area contributed by atoms with Crippen LogP contribution in [0.15, 0.2) is 30.3 Å². The number of anilines is 2. The first kappa shape index (κ1) is 21.4. The van der Waals surface area contributed by atoms with E-state index < -0.39 is 0 Å². The summed E-state index contributed by atoms with van der Waals surface area (Å²) in [5.41, 5.74) is 9.35. The van der Waals surface area contributed by atoms with Gasteiger partial charge in [0.2, 0.25) is 0 Å². The number of ether oxygens (including phenoxy) is 1. The largest absolute Gasteiger partial charge is 0.492 e. The van der Waals surface area contributed by atoms with E-state index in [1.807, 2.05) is 26.0 Å². The molecule has 0 saturated carbocycles. The van der Waals surface area contributed by atoms with Crippen molar-refractivity contribution in [2.75, 3.05) is 36.5 Å². The van der Waals surface area contributed by atoms with Crippen molar-refractivity contribution in [3.63, 3.8) is 0 Å². The third-order valence-electron chi connectivity index (χ3n) is 4.99. The number of benzene rings is 2. The molecule has 2 aromatic rings. The zero-order chi connectivity index (χ0) is 21.0. The van der Waals surface area contributed by atoms with Gasteiger partial charge < -0.3 is 25.8 Å². The summed E-state index contributed by atoms with van der Waals surface area (Å²) in [6.45, 7) is 6.11. The summed E-state index contributed by atoms with van der Waals surface area (Å²) in [5, 5.41) is 13.4. The molecule has 1 heterocycles. The maximum Gasteiger partial charge on any atom is 0.255 e. The van der Waals surface area contributed by atoms with Gasteiger partial charge in [0.1, 0.15) is 12.4 Å². The zero-order valence-corrected chi connectivity index (χ0v) is 17.6. The molecule has 1 atom stereocenters. The van der Waals surface area contributed by atoms with Gasteiger partial charge >= 0.3 is 0 Å². The highest BCUT2D eigenvalue weighted by Crippen LogP contribution is 2.29. The third-order valence-corrected chi connectivity index (χ3v) is 5.21. The highest BCUT2D eigenvalue weighted by atomic mass is 35.5. The van der Waals surface area contributed by atoms with Crippen LogP contribution in [-0.4, -0.2) is 43.4 Å². The van der Waals surface area contributed by atoms with Gasteiger partial charge in [-0.25, -0.2) is 0 Å². The van der Waals surface area contributed by atoms with E-state index in [0.29, 0.717) is 36.0 Å². The molecule has 4 N–H and O–H groups in total. The number of carbonyl (C=O) groups is 1. The minimum atomic E-state index is -0.341. The predicted octanol–water partition coefficient (Wildman–Crippen LogP) is 3.51. The van der Waals surface area contributed by atoms with Gasteiger partial charge in [-0.05, 0) is 68.1 Å². The molecule has 0 radical (unpaired) electrons. The van der Waals surface area contributed by atoms with Crippen molar-refractivity contribution in [2.24, 2.45) is 5.73 Å². The Morgan fingerprint density at radius 3 is 2.66 bits per heavy atom. The molecule has 7 heteroatoms. The number of halogens is 1. The molecule has 1 aliphatic heterocycles. The minimum absolute atomic E-state index is 0.214. The van der Waals surface area contributed by atoms with E-state index in [1.54, 1.807) is 18.2 Å². The number of β-amino-alcohol motifs (C(OH)–C–C–N with tert-alkyl or cyclic N) is 1. The molecule has 3 rings (SSSR count). The number of aliphatic hydroxyl groups is 1. The van der Waals surface area contributed by atoms with Crippen LogP contribution in [0.1, 0.15) is 34.3 Å². The van der Waals surface area contributed by atoms with Crippen LogP contribution in [-0.2, 0) is 0 Å². The zero-order valence-electron chi connectivity index (χ0n) is 16.9. The first-order valence-corrected chi connectivity index (χ1v) is 10.2. The van der Waals surface area contributed by atoms with Crippen LogP contribution < -0.4 is 20.7 Å². The number of aliphatic hydroxyl groups excluding tert-OH is 1. The number of hydrogen-bond donors (Lipinski definition) is 3. The fraction of sp³-hybridized carbons (Fsp3) is 0.409. The summed E-state index contributed by atoms with van der Waals surface area (Å²) < 4.78 is 5.68. The van der Waals surface area contributed by atoms with Gasteiger partial charge in [-0.15, -0.1) is 0 Å². The number of hydrogen-bond acceptors (Lipinski definition) is 5. The van der Waals surface area contributed by atoms with Gasteiger partial charge in [-0.3, -0.25) is 4.79 Å². The first-order chi connectivity index (χ1) is 13.9. The number of carbonyl (C=O) groups excluding carboxylic acids is 1. The summed E-state index contributed by atoms with van der Waals surface area (Å²) in [5.74, 6) is 0.550. The molecule has 0 aromatic heterocycles. The van der Waals surface area contributed by atoms with E-state index in [-0.39, 0.29) is 12.0 Å². The lowest BCUT2D eigenvalue weighted by molar-refractivity contribution is 0.102. The van der Waals surface area contributed by atoms with Gasteiger partial charge in [0.05, 0.1) is 6.10 Å². The summed E-state index contributed by atoms with van der Waals surface area (Å²) in [7, 11) is 0. The smallest absolute Gasteiger partial charge is 0.255 e. The number of amides is 1. The third kappa shape index (κ3) is 5.41. The molecule has 1 fully saturated rings. The van der Waals surface area contributed by atoms with E-state index in [1.165, 1.54) is 0 Å². The van der Waals surface area contributed by atoms with Crippen LogP contribution in [0.25, 0.3) is 0 Å². The standard InChI is InChI=1S/C22H28ClN3O3/c1-14-8-16(9-15(2)21(14)29-7-5-24)22(28)25-18-10-17(23)11-19(12-18)26-6-3-4-20(27)13-26/h8-12,20,27H,3-7,13,24H2,1-2H3,(H,25,28). The quantitative estimate of drug-likeness (QED) is 0.669. The first-order valence-electron chi connectivity index (χ1n) is 9.86. The number of rotatable bonds is 6. The van der Waals surface area contributed by atoms with Crippen LogP contribution in [0.2, 0.25) is 5.02 Å². The number of nitrogens with zero attached hydrogens (tertiary/aromatic N) is 1. The Morgan fingerprint density at radius 2 is 2.00 bits per heavy atom. The molecular formula is C22H28ClN3O3. The molecule has 29 heavy (non-hydrogen) atoms. The fourth-order valence-electron chi connectivity index (χ4n) is 3.69. The van der Waals surface area contributed by atoms with E-state index in [0.717, 1.165) is 42.0 Å². The average Bonchev–Trinajstić information content (AvgIpc) is 2.67.